The fourth-order valence-corrected chi connectivity index (χ4v) is 2.11. The third-order valence-corrected chi connectivity index (χ3v) is 3.07. The van der Waals surface area contributed by atoms with Gasteiger partial charge in [-0.15, -0.1) is 0 Å². The molecule has 1 rings (SSSR count). The van der Waals surface area contributed by atoms with Gasteiger partial charge in [0.15, 0.2) is 5.78 Å². The molecule has 1 aromatic carbocycles. The van der Waals surface area contributed by atoms with E-state index in [0.717, 1.165) is 6.54 Å². The summed E-state index contributed by atoms with van der Waals surface area (Å²) >= 11 is 0. The maximum atomic E-state index is 11.4. The molecule has 0 amide bonds. The molecule has 5 nitrogen and oxygen atoms in total. The van der Waals surface area contributed by atoms with Crippen LogP contribution in [0.2, 0.25) is 0 Å². The minimum absolute atomic E-state index is 0.00736. The molecule has 0 fully saturated rings. The molecule has 0 heterocycles. The molecule has 0 aromatic heterocycles. The number of carbonyl (C=O) groups excluding carboxylic acids is 1. The third-order valence-electron chi connectivity index (χ3n) is 3.07. The van der Waals surface area contributed by atoms with Crippen molar-refractivity contribution in [3.8, 4) is 0 Å². The van der Waals surface area contributed by atoms with Gasteiger partial charge in [-0.05, 0) is 38.8 Å². The lowest BCUT2D eigenvalue weighted by atomic mass is 10.1. The molecule has 5 heteroatoms. The zero-order chi connectivity index (χ0) is 15.4. The van der Waals surface area contributed by atoms with Gasteiger partial charge in [0.05, 0.1) is 4.92 Å². The summed E-state index contributed by atoms with van der Waals surface area (Å²) in [4.78, 5) is 24.2. The summed E-state index contributed by atoms with van der Waals surface area (Å²) in [6.07, 6.45) is 0. The SMILES string of the molecule is CC(=O)c1ccc(N(CC(C)C)C(C)C)c([N+](=O)[O-])c1. The number of nitro groups is 1. The molecule has 0 N–H and O–H groups in total. The Labute approximate surface area is 119 Å². The van der Waals surface area contributed by atoms with E-state index >= 15 is 0 Å². The zero-order valence-electron chi connectivity index (χ0n) is 12.7. The number of hydrogen-bond acceptors (Lipinski definition) is 4. The first-order valence-electron chi connectivity index (χ1n) is 6.80. The van der Waals surface area contributed by atoms with Gasteiger partial charge in [-0.2, -0.15) is 0 Å². The van der Waals surface area contributed by atoms with E-state index in [0.29, 0.717) is 17.2 Å². The number of nitrogens with zero attached hydrogens (tertiary/aromatic N) is 2. The van der Waals surface area contributed by atoms with E-state index in [1.54, 1.807) is 12.1 Å². The molecule has 0 bridgehead atoms. The van der Waals surface area contributed by atoms with Crippen molar-refractivity contribution in [1.29, 1.82) is 0 Å². The minimum Gasteiger partial charge on any atom is -0.363 e. The molecular weight excluding hydrogens is 256 g/mol. The van der Waals surface area contributed by atoms with Crippen molar-refractivity contribution in [3.63, 3.8) is 0 Å². The van der Waals surface area contributed by atoms with Gasteiger partial charge in [0.25, 0.3) is 5.69 Å². The van der Waals surface area contributed by atoms with Crippen LogP contribution < -0.4 is 4.90 Å². The highest BCUT2D eigenvalue weighted by atomic mass is 16.6. The van der Waals surface area contributed by atoms with Crippen molar-refractivity contribution in [2.24, 2.45) is 5.92 Å². The predicted molar refractivity (Wildman–Crippen MR) is 80.4 cm³/mol. The number of nitro benzene ring substituents is 1. The van der Waals surface area contributed by atoms with Crippen LogP contribution in [0.25, 0.3) is 0 Å². The summed E-state index contributed by atoms with van der Waals surface area (Å²) in [6, 6.07) is 4.85. The molecule has 0 radical (unpaired) electrons. The quantitative estimate of drug-likeness (QED) is 0.452. The number of rotatable bonds is 6. The van der Waals surface area contributed by atoms with Gasteiger partial charge < -0.3 is 4.90 Å². The van der Waals surface area contributed by atoms with Crippen LogP contribution >= 0.6 is 0 Å². The van der Waals surface area contributed by atoms with Gasteiger partial charge in [-0.1, -0.05) is 13.8 Å². The molecule has 0 spiro atoms. The number of hydrogen-bond donors (Lipinski definition) is 0. The molecule has 0 aliphatic carbocycles. The molecular formula is C15H22N2O3. The zero-order valence-corrected chi connectivity index (χ0v) is 12.7. The second kappa shape index (κ2) is 6.50. The van der Waals surface area contributed by atoms with Crippen molar-refractivity contribution in [1.82, 2.24) is 0 Å². The van der Waals surface area contributed by atoms with E-state index in [2.05, 4.69) is 13.8 Å². The van der Waals surface area contributed by atoms with Crippen molar-refractivity contribution in [2.45, 2.75) is 40.7 Å². The van der Waals surface area contributed by atoms with Crippen LogP contribution in [0.15, 0.2) is 18.2 Å². The largest absolute Gasteiger partial charge is 0.363 e. The lowest BCUT2D eigenvalue weighted by Crippen LogP contribution is -2.34. The normalized spacial score (nSPS) is 10.9. The predicted octanol–water partition coefficient (Wildman–Crippen LogP) is 3.67. The fraction of sp³-hybridized carbons (Fsp3) is 0.533. The first-order chi connectivity index (χ1) is 9.23. The van der Waals surface area contributed by atoms with Crippen molar-refractivity contribution in [2.75, 3.05) is 11.4 Å². The van der Waals surface area contributed by atoms with E-state index < -0.39 is 4.92 Å². The second-order valence-electron chi connectivity index (χ2n) is 5.66. The lowest BCUT2D eigenvalue weighted by Gasteiger charge is -2.30. The number of Topliss-reactive ketones (excluding diaryl/α,β-unsaturated/α-hetero) is 1. The van der Waals surface area contributed by atoms with Crippen LogP contribution in [0.5, 0.6) is 0 Å². The molecule has 0 unspecified atom stereocenters. The maximum Gasteiger partial charge on any atom is 0.293 e. The summed E-state index contributed by atoms with van der Waals surface area (Å²) in [5.41, 5.74) is 0.935. The topological polar surface area (TPSA) is 63.5 Å². The smallest absolute Gasteiger partial charge is 0.293 e. The van der Waals surface area contributed by atoms with Crippen LogP contribution in [0, 0.1) is 16.0 Å². The monoisotopic (exact) mass is 278 g/mol. The van der Waals surface area contributed by atoms with Crippen LogP contribution in [0.1, 0.15) is 45.0 Å². The third kappa shape index (κ3) is 3.79. The Morgan fingerprint density at radius 2 is 1.90 bits per heavy atom. The van der Waals surface area contributed by atoms with Gasteiger partial charge in [0.2, 0.25) is 0 Å². The summed E-state index contributed by atoms with van der Waals surface area (Å²) in [7, 11) is 0. The summed E-state index contributed by atoms with van der Waals surface area (Å²) in [5.74, 6) is 0.226. The van der Waals surface area contributed by atoms with Crippen LogP contribution in [-0.4, -0.2) is 23.3 Å². The number of benzene rings is 1. The van der Waals surface area contributed by atoms with E-state index in [4.69, 9.17) is 0 Å². The van der Waals surface area contributed by atoms with Crippen molar-refractivity contribution >= 4 is 17.2 Å². The maximum absolute atomic E-state index is 11.4. The number of anilines is 1. The van der Waals surface area contributed by atoms with Crippen molar-refractivity contribution in [3.05, 3.63) is 33.9 Å². The highest BCUT2D eigenvalue weighted by Crippen LogP contribution is 2.31. The Morgan fingerprint density at radius 3 is 2.30 bits per heavy atom. The van der Waals surface area contributed by atoms with E-state index in [-0.39, 0.29) is 17.5 Å². The minimum atomic E-state index is -0.419. The molecule has 1 aromatic rings. The summed E-state index contributed by atoms with van der Waals surface area (Å²) in [5, 5.41) is 11.3. The average Bonchev–Trinajstić information content (AvgIpc) is 2.34. The Kier molecular flexibility index (Phi) is 5.25. The van der Waals surface area contributed by atoms with Gasteiger partial charge in [-0.3, -0.25) is 14.9 Å². The molecule has 0 saturated heterocycles. The number of carbonyl (C=O) groups is 1. The Morgan fingerprint density at radius 1 is 1.30 bits per heavy atom. The fourth-order valence-electron chi connectivity index (χ4n) is 2.11. The molecule has 110 valence electrons. The summed E-state index contributed by atoms with van der Waals surface area (Å²) in [6.45, 7) is 10.3. The first kappa shape index (κ1) is 16.1. The highest BCUT2D eigenvalue weighted by molar-refractivity contribution is 5.95. The standard InChI is InChI=1S/C15H22N2O3/c1-10(2)9-16(11(3)4)14-7-6-13(12(5)18)8-15(14)17(19)20/h6-8,10-11H,9H2,1-5H3. The van der Waals surface area contributed by atoms with Gasteiger partial charge in [-0.25, -0.2) is 0 Å². The Balaban J connectivity index is 3.33. The van der Waals surface area contributed by atoms with Crippen LogP contribution in [0.3, 0.4) is 0 Å². The first-order valence-corrected chi connectivity index (χ1v) is 6.80. The summed E-state index contributed by atoms with van der Waals surface area (Å²) < 4.78 is 0. The average molecular weight is 278 g/mol. The van der Waals surface area contributed by atoms with Gasteiger partial charge in [0.1, 0.15) is 5.69 Å². The van der Waals surface area contributed by atoms with Gasteiger partial charge in [0, 0.05) is 24.2 Å². The second-order valence-corrected chi connectivity index (χ2v) is 5.66. The molecule has 0 aliphatic rings. The molecule has 0 saturated carbocycles. The Hall–Kier alpha value is -1.91. The molecule has 20 heavy (non-hydrogen) atoms. The van der Waals surface area contributed by atoms with Gasteiger partial charge >= 0.3 is 0 Å². The highest BCUT2D eigenvalue weighted by Gasteiger charge is 2.23. The van der Waals surface area contributed by atoms with Crippen molar-refractivity contribution < 1.29 is 9.72 Å². The van der Waals surface area contributed by atoms with Crippen LogP contribution in [0.4, 0.5) is 11.4 Å². The van der Waals surface area contributed by atoms with Crippen LogP contribution in [-0.2, 0) is 0 Å². The lowest BCUT2D eigenvalue weighted by molar-refractivity contribution is -0.384. The van der Waals surface area contributed by atoms with E-state index in [1.165, 1.54) is 13.0 Å². The van der Waals surface area contributed by atoms with E-state index in [9.17, 15) is 14.9 Å². The van der Waals surface area contributed by atoms with E-state index in [1.807, 2.05) is 18.7 Å². The Bertz CT molecular complexity index is 510. The molecule has 0 atom stereocenters. The molecule has 0 aliphatic heterocycles. The number of ketones is 1.